The number of nitrogens with zero attached hydrogens (tertiary/aromatic N) is 1. The molecule has 130 valence electrons. The van der Waals surface area contributed by atoms with Gasteiger partial charge in [-0.1, -0.05) is 0 Å². The second kappa shape index (κ2) is 7.38. The SMILES string of the molecule is CC(C)OC(=O)NC1CCC(c2nc(C(F)(F)F)c(Br)s2)CC1. The summed E-state index contributed by atoms with van der Waals surface area (Å²) in [6.45, 7) is 3.55. The van der Waals surface area contributed by atoms with Crippen molar-refractivity contribution in [3.05, 3.63) is 14.5 Å². The van der Waals surface area contributed by atoms with Crippen LogP contribution in [-0.4, -0.2) is 23.2 Å². The lowest BCUT2D eigenvalue weighted by Gasteiger charge is -2.28. The summed E-state index contributed by atoms with van der Waals surface area (Å²) in [6.07, 6.45) is -2.26. The first-order valence-corrected chi connectivity index (χ1v) is 8.98. The number of carbonyl (C=O) groups excluding carboxylic acids is 1. The molecular weight excluding hydrogens is 397 g/mol. The van der Waals surface area contributed by atoms with Gasteiger partial charge in [-0.15, -0.1) is 11.3 Å². The van der Waals surface area contributed by atoms with E-state index in [0.717, 1.165) is 11.3 Å². The number of halogens is 4. The van der Waals surface area contributed by atoms with E-state index in [-0.39, 0.29) is 21.9 Å². The highest BCUT2D eigenvalue weighted by Crippen LogP contribution is 2.42. The smallest absolute Gasteiger partial charge is 0.435 e. The number of alkyl carbamates (subject to hydrolysis) is 1. The Bertz CT molecular complexity index is 555. The van der Waals surface area contributed by atoms with Crippen molar-refractivity contribution >= 4 is 33.4 Å². The van der Waals surface area contributed by atoms with Crippen molar-refractivity contribution in [3.8, 4) is 0 Å². The highest BCUT2D eigenvalue weighted by molar-refractivity contribution is 9.11. The van der Waals surface area contributed by atoms with Crippen LogP contribution < -0.4 is 5.32 Å². The van der Waals surface area contributed by atoms with Crippen molar-refractivity contribution < 1.29 is 22.7 Å². The van der Waals surface area contributed by atoms with Gasteiger partial charge in [0.15, 0.2) is 5.69 Å². The molecule has 0 aromatic carbocycles. The normalized spacial score (nSPS) is 22.2. The van der Waals surface area contributed by atoms with Crippen LogP contribution in [0.5, 0.6) is 0 Å². The monoisotopic (exact) mass is 414 g/mol. The van der Waals surface area contributed by atoms with Gasteiger partial charge in [0.05, 0.1) is 11.1 Å². The first-order chi connectivity index (χ1) is 10.7. The van der Waals surface area contributed by atoms with Gasteiger partial charge in [0.2, 0.25) is 0 Å². The van der Waals surface area contributed by atoms with Gasteiger partial charge in [0.1, 0.15) is 3.79 Å². The Balaban J connectivity index is 1.91. The lowest BCUT2D eigenvalue weighted by atomic mass is 9.86. The number of thiazole rings is 1. The molecule has 0 radical (unpaired) electrons. The van der Waals surface area contributed by atoms with E-state index in [2.05, 4.69) is 26.2 Å². The Kier molecular flexibility index (Phi) is 5.94. The lowest BCUT2D eigenvalue weighted by Crippen LogP contribution is -2.38. The van der Waals surface area contributed by atoms with Crippen LogP contribution in [0.1, 0.15) is 56.2 Å². The highest BCUT2D eigenvalue weighted by Gasteiger charge is 2.38. The molecule has 1 fully saturated rings. The fourth-order valence-electron chi connectivity index (χ4n) is 2.57. The summed E-state index contributed by atoms with van der Waals surface area (Å²) in [5.41, 5.74) is -0.849. The fraction of sp³-hybridized carbons (Fsp3) is 0.714. The molecule has 2 rings (SSSR count). The summed E-state index contributed by atoms with van der Waals surface area (Å²) in [7, 11) is 0. The molecular formula is C14H18BrF3N2O2S. The zero-order valence-electron chi connectivity index (χ0n) is 12.7. The second-order valence-electron chi connectivity index (χ2n) is 5.82. The minimum absolute atomic E-state index is 0.00277. The van der Waals surface area contributed by atoms with E-state index in [1.165, 1.54) is 0 Å². The van der Waals surface area contributed by atoms with Crippen LogP contribution in [-0.2, 0) is 10.9 Å². The number of carbonyl (C=O) groups is 1. The van der Waals surface area contributed by atoms with Crippen LogP contribution in [0.25, 0.3) is 0 Å². The largest absolute Gasteiger partial charge is 0.447 e. The molecule has 9 heteroatoms. The number of hydrogen-bond donors (Lipinski definition) is 1. The van der Waals surface area contributed by atoms with Gasteiger partial charge in [-0.2, -0.15) is 13.2 Å². The van der Waals surface area contributed by atoms with Crippen LogP contribution in [0.2, 0.25) is 0 Å². The summed E-state index contributed by atoms with van der Waals surface area (Å²) in [4.78, 5) is 15.3. The molecule has 1 heterocycles. The van der Waals surface area contributed by atoms with Crippen LogP contribution in [0.15, 0.2) is 3.79 Å². The maximum Gasteiger partial charge on any atom is 0.435 e. The lowest BCUT2D eigenvalue weighted by molar-refractivity contribution is -0.141. The van der Waals surface area contributed by atoms with Crippen molar-refractivity contribution in [1.29, 1.82) is 0 Å². The average Bonchev–Trinajstić information content (AvgIpc) is 2.80. The van der Waals surface area contributed by atoms with Gasteiger partial charge in [-0.25, -0.2) is 9.78 Å². The number of aromatic nitrogens is 1. The molecule has 0 bridgehead atoms. The summed E-state index contributed by atoms with van der Waals surface area (Å²) < 4.78 is 43.4. The van der Waals surface area contributed by atoms with Gasteiger partial charge in [0, 0.05) is 12.0 Å². The number of alkyl halides is 3. The van der Waals surface area contributed by atoms with Crippen LogP contribution >= 0.6 is 27.3 Å². The number of ether oxygens (including phenoxy) is 1. The van der Waals surface area contributed by atoms with Gasteiger partial charge >= 0.3 is 12.3 Å². The third-order valence-electron chi connectivity index (χ3n) is 3.61. The molecule has 0 atom stereocenters. The van der Waals surface area contributed by atoms with E-state index in [1.807, 2.05) is 0 Å². The molecule has 0 spiro atoms. The topological polar surface area (TPSA) is 51.2 Å². The zero-order valence-corrected chi connectivity index (χ0v) is 15.1. The molecule has 0 aliphatic heterocycles. The van der Waals surface area contributed by atoms with E-state index in [1.54, 1.807) is 13.8 Å². The highest BCUT2D eigenvalue weighted by atomic mass is 79.9. The quantitative estimate of drug-likeness (QED) is 0.749. The van der Waals surface area contributed by atoms with Gasteiger partial charge < -0.3 is 10.1 Å². The number of rotatable bonds is 3. The van der Waals surface area contributed by atoms with Crippen LogP contribution in [0, 0.1) is 0 Å². The predicted molar refractivity (Wildman–Crippen MR) is 84.6 cm³/mol. The Morgan fingerprint density at radius 2 is 1.96 bits per heavy atom. The number of amides is 1. The van der Waals surface area contributed by atoms with E-state index in [9.17, 15) is 18.0 Å². The number of nitrogens with one attached hydrogen (secondary N) is 1. The summed E-state index contributed by atoms with van der Waals surface area (Å²) in [5.74, 6) is 0.00608. The van der Waals surface area contributed by atoms with Crippen molar-refractivity contribution in [1.82, 2.24) is 10.3 Å². The van der Waals surface area contributed by atoms with E-state index < -0.39 is 18.0 Å². The standard InChI is InChI=1S/C14H18BrF3N2O2S/c1-7(2)22-13(21)19-9-5-3-8(4-6-9)12-20-10(11(15)23-12)14(16,17)18/h7-9H,3-6H2,1-2H3,(H,19,21). The number of hydrogen-bond acceptors (Lipinski definition) is 4. The summed E-state index contributed by atoms with van der Waals surface area (Å²) in [5, 5.41) is 3.30. The maximum atomic E-state index is 12.8. The zero-order chi connectivity index (χ0) is 17.2. The predicted octanol–water partition coefficient (Wildman–Crippen LogP) is 5.09. The third-order valence-corrected chi connectivity index (χ3v) is 5.48. The third kappa shape index (κ3) is 5.07. The molecule has 1 aliphatic carbocycles. The van der Waals surface area contributed by atoms with Gasteiger partial charge in [0.25, 0.3) is 0 Å². The van der Waals surface area contributed by atoms with Crippen molar-refractivity contribution in [2.45, 2.75) is 63.8 Å². The van der Waals surface area contributed by atoms with Crippen molar-refractivity contribution in [2.75, 3.05) is 0 Å². The minimum atomic E-state index is -4.44. The molecule has 4 nitrogen and oxygen atoms in total. The molecule has 1 aromatic rings. The minimum Gasteiger partial charge on any atom is -0.447 e. The molecule has 1 aromatic heterocycles. The first-order valence-electron chi connectivity index (χ1n) is 7.37. The first kappa shape index (κ1) is 18.5. The Hall–Kier alpha value is -0.830. The van der Waals surface area contributed by atoms with Crippen LogP contribution in [0.4, 0.5) is 18.0 Å². The molecule has 23 heavy (non-hydrogen) atoms. The van der Waals surface area contributed by atoms with Crippen molar-refractivity contribution in [3.63, 3.8) is 0 Å². The molecule has 1 saturated carbocycles. The van der Waals surface area contributed by atoms with Crippen LogP contribution in [0.3, 0.4) is 0 Å². The van der Waals surface area contributed by atoms with E-state index >= 15 is 0 Å². The molecule has 0 saturated heterocycles. The van der Waals surface area contributed by atoms with E-state index in [0.29, 0.717) is 30.7 Å². The average molecular weight is 415 g/mol. The maximum absolute atomic E-state index is 12.8. The molecule has 0 unspecified atom stereocenters. The van der Waals surface area contributed by atoms with Gasteiger partial charge in [-0.05, 0) is 55.5 Å². The van der Waals surface area contributed by atoms with Gasteiger partial charge in [-0.3, -0.25) is 0 Å². The molecule has 1 N–H and O–H groups in total. The van der Waals surface area contributed by atoms with E-state index in [4.69, 9.17) is 4.74 Å². The Morgan fingerprint density at radius 1 is 1.35 bits per heavy atom. The second-order valence-corrected chi connectivity index (χ2v) is 8.17. The fourth-order valence-corrected chi connectivity index (χ4v) is 4.36. The Labute approximate surface area is 144 Å². The van der Waals surface area contributed by atoms with Crippen molar-refractivity contribution in [2.24, 2.45) is 0 Å². The Morgan fingerprint density at radius 3 is 2.43 bits per heavy atom. The summed E-state index contributed by atoms with van der Waals surface area (Å²) >= 11 is 3.99. The molecule has 1 aliphatic rings. The molecule has 1 amide bonds. The summed E-state index contributed by atoms with van der Waals surface area (Å²) in [6, 6.07) is 0.00277.